The van der Waals surface area contributed by atoms with E-state index in [1.807, 2.05) is 26.0 Å². The van der Waals surface area contributed by atoms with Gasteiger partial charge in [0.1, 0.15) is 5.75 Å². The SMILES string of the molecule is Cc1ccc(NCc2cccc(OC(C)C)c2)cc1. The molecule has 2 nitrogen and oxygen atoms in total. The van der Waals surface area contributed by atoms with Gasteiger partial charge in [0.2, 0.25) is 0 Å². The van der Waals surface area contributed by atoms with Crippen molar-refractivity contribution in [2.45, 2.75) is 33.4 Å². The second kappa shape index (κ2) is 6.28. The highest BCUT2D eigenvalue weighted by Gasteiger charge is 1.99. The zero-order valence-electron chi connectivity index (χ0n) is 11.8. The second-order valence-corrected chi connectivity index (χ2v) is 5.03. The van der Waals surface area contributed by atoms with Gasteiger partial charge >= 0.3 is 0 Å². The van der Waals surface area contributed by atoms with Gasteiger partial charge < -0.3 is 10.1 Å². The van der Waals surface area contributed by atoms with Crippen molar-refractivity contribution >= 4 is 5.69 Å². The van der Waals surface area contributed by atoms with Gasteiger partial charge in [-0.15, -0.1) is 0 Å². The van der Waals surface area contributed by atoms with Crippen molar-refractivity contribution < 1.29 is 4.74 Å². The van der Waals surface area contributed by atoms with Crippen molar-refractivity contribution in [3.63, 3.8) is 0 Å². The summed E-state index contributed by atoms with van der Waals surface area (Å²) in [5, 5.41) is 3.41. The van der Waals surface area contributed by atoms with Gasteiger partial charge in [-0.25, -0.2) is 0 Å². The van der Waals surface area contributed by atoms with Crippen LogP contribution in [0.15, 0.2) is 48.5 Å². The van der Waals surface area contributed by atoms with Crippen LogP contribution < -0.4 is 10.1 Å². The topological polar surface area (TPSA) is 21.3 Å². The predicted molar refractivity (Wildman–Crippen MR) is 80.7 cm³/mol. The van der Waals surface area contributed by atoms with Gasteiger partial charge in [-0.1, -0.05) is 29.8 Å². The van der Waals surface area contributed by atoms with Gasteiger partial charge in [0.15, 0.2) is 0 Å². The number of hydrogen-bond acceptors (Lipinski definition) is 2. The Kier molecular flexibility index (Phi) is 4.45. The van der Waals surface area contributed by atoms with E-state index < -0.39 is 0 Å². The molecule has 0 aliphatic rings. The van der Waals surface area contributed by atoms with E-state index in [1.54, 1.807) is 0 Å². The molecule has 2 rings (SSSR count). The first kappa shape index (κ1) is 13.5. The lowest BCUT2D eigenvalue weighted by Gasteiger charge is -2.12. The maximum atomic E-state index is 5.69. The molecule has 0 bridgehead atoms. The third kappa shape index (κ3) is 4.32. The van der Waals surface area contributed by atoms with E-state index in [4.69, 9.17) is 4.74 Å². The highest BCUT2D eigenvalue weighted by atomic mass is 16.5. The highest BCUT2D eigenvalue weighted by Crippen LogP contribution is 2.16. The van der Waals surface area contributed by atoms with Crippen molar-refractivity contribution in [3.05, 3.63) is 59.7 Å². The smallest absolute Gasteiger partial charge is 0.120 e. The standard InChI is InChI=1S/C17H21NO/c1-13(2)19-17-6-4-5-15(11-17)12-18-16-9-7-14(3)8-10-16/h4-11,13,18H,12H2,1-3H3. The molecular formula is C17H21NO. The molecule has 2 heteroatoms. The molecule has 0 saturated carbocycles. The molecule has 0 heterocycles. The van der Waals surface area contributed by atoms with E-state index in [1.165, 1.54) is 11.1 Å². The quantitative estimate of drug-likeness (QED) is 0.855. The van der Waals surface area contributed by atoms with Crippen LogP contribution in [0.4, 0.5) is 5.69 Å². The van der Waals surface area contributed by atoms with E-state index in [0.29, 0.717) is 0 Å². The first-order valence-electron chi connectivity index (χ1n) is 6.69. The summed E-state index contributed by atoms with van der Waals surface area (Å²) < 4.78 is 5.69. The molecule has 0 spiro atoms. The molecule has 0 fully saturated rings. The summed E-state index contributed by atoms with van der Waals surface area (Å²) in [6.45, 7) is 6.98. The van der Waals surface area contributed by atoms with Crippen LogP contribution in [0, 0.1) is 6.92 Å². The molecule has 0 amide bonds. The number of rotatable bonds is 5. The second-order valence-electron chi connectivity index (χ2n) is 5.03. The zero-order valence-corrected chi connectivity index (χ0v) is 11.8. The molecule has 1 N–H and O–H groups in total. The minimum absolute atomic E-state index is 0.209. The molecule has 0 unspecified atom stereocenters. The number of hydrogen-bond donors (Lipinski definition) is 1. The van der Waals surface area contributed by atoms with E-state index in [9.17, 15) is 0 Å². The Morgan fingerprint density at radius 1 is 1.05 bits per heavy atom. The van der Waals surface area contributed by atoms with Crippen LogP contribution in [0.3, 0.4) is 0 Å². The predicted octanol–water partition coefficient (Wildman–Crippen LogP) is 4.39. The summed E-state index contributed by atoms with van der Waals surface area (Å²) in [6, 6.07) is 16.6. The zero-order chi connectivity index (χ0) is 13.7. The summed E-state index contributed by atoms with van der Waals surface area (Å²) in [5.74, 6) is 0.929. The van der Waals surface area contributed by atoms with E-state index in [0.717, 1.165) is 18.0 Å². The highest BCUT2D eigenvalue weighted by molar-refractivity contribution is 5.45. The number of ether oxygens (including phenoxy) is 1. The van der Waals surface area contributed by atoms with Crippen LogP contribution in [0.1, 0.15) is 25.0 Å². The molecule has 2 aromatic rings. The van der Waals surface area contributed by atoms with E-state index >= 15 is 0 Å². The van der Waals surface area contributed by atoms with Crippen molar-refractivity contribution in [2.24, 2.45) is 0 Å². The number of aryl methyl sites for hydroxylation is 1. The Hall–Kier alpha value is -1.96. The molecular weight excluding hydrogens is 234 g/mol. The van der Waals surface area contributed by atoms with Crippen LogP contribution in [-0.2, 0) is 6.54 Å². The van der Waals surface area contributed by atoms with Gasteiger partial charge in [0.25, 0.3) is 0 Å². The van der Waals surface area contributed by atoms with Crippen molar-refractivity contribution in [1.29, 1.82) is 0 Å². The monoisotopic (exact) mass is 255 g/mol. The Morgan fingerprint density at radius 2 is 1.79 bits per heavy atom. The fourth-order valence-electron chi connectivity index (χ4n) is 1.88. The first-order valence-corrected chi connectivity index (χ1v) is 6.69. The van der Waals surface area contributed by atoms with Crippen LogP contribution in [0.5, 0.6) is 5.75 Å². The minimum Gasteiger partial charge on any atom is -0.491 e. The average Bonchev–Trinajstić information content (AvgIpc) is 2.38. The fourth-order valence-corrected chi connectivity index (χ4v) is 1.88. The van der Waals surface area contributed by atoms with Gasteiger partial charge in [0.05, 0.1) is 6.10 Å². The molecule has 0 aromatic heterocycles. The van der Waals surface area contributed by atoms with Crippen LogP contribution in [0.25, 0.3) is 0 Å². The molecule has 100 valence electrons. The number of nitrogens with one attached hydrogen (secondary N) is 1. The molecule has 0 aliphatic heterocycles. The van der Waals surface area contributed by atoms with E-state index in [2.05, 4.69) is 48.6 Å². The normalized spacial score (nSPS) is 10.5. The van der Waals surface area contributed by atoms with Crippen molar-refractivity contribution in [3.8, 4) is 5.75 Å². The summed E-state index contributed by atoms with van der Waals surface area (Å²) in [4.78, 5) is 0. The summed E-state index contributed by atoms with van der Waals surface area (Å²) in [7, 11) is 0. The minimum atomic E-state index is 0.209. The van der Waals surface area contributed by atoms with Gasteiger partial charge in [-0.2, -0.15) is 0 Å². The Balaban J connectivity index is 1.97. The number of benzene rings is 2. The third-order valence-corrected chi connectivity index (χ3v) is 2.82. The summed E-state index contributed by atoms with van der Waals surface area (Å²) in [5.41, 5.74) is 3.64. The molecule has 0 saturated heterocycles. The average molecular weight is 255 g/mol. The molecule has 0 radical (unpaired) electrons. The lowest BCUT2D eigenvalue weighted by atomic mass is 10.2. The summed E-state index contributed by atoms with van der Waals surface area (Å²) in [6.07, 6.45) is 0.209. The maximum Gasteiger partial charge on any atom is 0.120 e. The fraction of sp³-hybridized carbons (Fsp3) is 0.294. The van der Waals surface area contributed by atoms with Crippen molar-refractivity contribution in [2.75, 3.05) is 5.32 Å². The maximum absolute atomic E-state index is 5.69. The Labute approximate surface area is 115 Å². The van der Waals surface area contributed by atoms with Crippen LogP contribution in [-0.4, -0.2) is 6.10 Å². The first-order chi connectivity index (χ1) is 9.13. The Bertz CT molecular complexity index is 517. The van der Waals surface area contributed by atoms with Gasteiger partial charge in [-0.3, -0.25) is 0 Å². The van der Waals surface area contributed by atoms with Gasteiger partial charge in [-0.05, 0) is 50.6 Å². The molecule has 2 aromatic carbocycles. The lowest BCUT2D eigenvalue weighted by molar-refractivity contribution is 0.242. The molecule has 0 atom stereocenters. The lowest BCUT2D eigenvalue weighted by Crippen LogP contribution is -2.06. The largest absolute Gasteiger partial charge is 0.491 e. The number of anilines is 1. The summed E-state index contributed by atoms with van der Waals surface area (Å²) >= 11 is 0. The van der Waals surface area contributed by atoms with Crippen LogP contribution in [0.2, 0.25) is 0 Å². The van der Waals surface area contributed by atoms with Crippen molar-refractivity contribution in [1.82, 2.24) is 0 Å². The van der Waals surface area contributed by atoms with E-state index in [-0.39, 0.29) is 6.10 Å². The van der Waals surface area contributed by atoms with Gasteiger partial charge in [0, 0.05) is 12.2 Å². The molecule has 0 aliphatic carbocycles. The third-order valence-electron chi connectivity index (χ3n) is 2.82. The van der Waals surface area contributed by atoms with Crippen LogP contribution >= 0.6 is 0 Å². The molecule has 19 heavy (non-hydrogen) atoms. The Morgan fingerprint density at radius 3 is 2.47 bits per heavy atom.